The van der Waals surface area contributed by atoms with Gasteiger partial charge >= 0.3 is 6.18 Å². The van der Waals surface area contributed by atoms with E-state index in [2.05, 4.69) is 5.32 Å². The molecule has 0 bridgehead atoms. The third kappa shape index (κ3) is 2.40. The Hall–Kier alpha value is -1.55. The lowest BCUT2D eigenvalue weighted by Crippen LogP contribution is -2.26. The average Bonchev–Trinajstić information content (AvgIpc) is 2.46. The molecule has 1 aliphatic rings. The molecule has 1 aliphatic heterocycles. The molecule has 0 spiro atoms. The van der Waals surface area contributed by atoms with E-state index in [0.717, 1.165) is 42.9 Å². The standard InChI is InChI=1S/C16H16F3N/c17-16(18,19)15-6-2-4-13-12(3-1-5-14(13)15)11-7-9-20-10-8-11/h1-6,11,20H,7-10H2. The van der Waals surface area contributed by atoms with Crippen molar-refractivity contribution in [3.05, 3.63) is 47.5 Å². The lowest BCUT2D eigenvalue weighted by atomic mass is 9.86. The van der Waals surface area contributed by atoms with E-state index in [1.165, 1.54) is 6.07 Å². The van der Waals surface area contributed by atoms with E-state index in [1.807, 2.05) is 12.1 Å². The molecule has 0 unspecified atom stereocenters. The van der Waals surface area contributed by atoms with Crippen LogP contribution in [-0.2, 0) is 6.18 Å². The molecular weight excluding hydrogens is 263 g/mol. The van der Waals surface area contributed by atoms with Crippen molar-refractivity contribution in [2.24, 2.45) is 0 Å². The summed E-state index contributed by atoms with van der Waals surface area (Å²) in [5, 5.41) is 4.35. The molecule has 106 valence electrons. The zero-order valence-electron chi connectivity index (χ0n) is 11.0. The molecule has 1 saturated heterocycles. The minimum atomic E-state index is -4.30. The highest BCUT2D eigenvalue weighted by Gasteiger charge is 2.32. The number of piperidine rings is 1. The summed E-state index contributed by atoms with van der Waals surface area (Å²) in [4.78, 5) is 0. The van der Waals surface area contributed by atoms with Crippen molar-refractivity contribution in [1.29, 1.82) is 0 Å². The van der Waals surface area contributed by atoms with Crippen molar-refractivity contribution in [3.8, 4) is 0 Å². The molecule has 0 amide bonds. The Morgan fingerprint density at radius 2 is 1.55 bits per heavy atom. The van der Waals surface area contributed by atoms with E-state index in [0.29, 0.717) is 11.3 Å². The quantitative estimate of drug-likeness (QED) is 0.819. The van der Waals surface area contributed by atoms with Crippen molar-refractivity contribution in [2.45, 2.75) is 24.9 Å². The fourth-order valence-electron chi connectivity index (χ4n) is 3.07. The first kappa shape index (κ1) is 13.4. The van der Waals surface area contributed by atoms with Crippen molar-refractivity contribution in [3.63, 3.8) is 0 Å². The molecular formula is C16H16F3N. The van der Waals surface area contributed by atoms with Crippen LogP contribution in [0.4, 0.5) is 13.2 Å². The summed E-state index contributed by atoms with van der Waals surface area (Å²) in [7, 11) is 0. The molecule has 0 saturated carbocycles. The zero-order valence-corrected chi connectivity index (χ0v) is 11.0. The summed E-state index contributed by atoms with van der Waals surface area (Å²) in [6, 6.07) is 9.77. The van der Waals surface area contributed by atoms with Gasteiger partial charge in [-0.25, -0.2) is 0 Å². The summed E-state index contributed by atoms with van der Waals surface area (Å²) in [6.45, 7) is 1.86. The van der Waals surface area contributed by atoms with Crippen molar-refractivity contribution < 1.29 is 13.2 Å². The van der Waals surface area contributed by atoms with Gasteiger partial charge in [0.25, 0.3) is 0 Å². The van der Waals surface area contributed by atoms with Crippen LogP contribution < -0.4 is 5.32 Å². The first-order valence-electron chi connectivity index (χ1n) is 6.87. The van der Waals surface area contributed by atoms with Gasteiger partial charge in [0, 0.05) is 0 Å². The Kier molecular flexibility index (Phi) is 3.42. The van der Waals surface area contributed by atoms with Crippen molar-refractivity contribution in [1.82, 2.24) is 5.32 Å². The minimum Gasteiger partial charge on any atom is -0.317 e. The third-order valence-electron chi connectivity index (χ3n) is 4.04. The zero-order chi connectivity index (χ0) is 14.2. The van der Waals surface area contributed by atoms with Gasteiger partial charge in [-0.05, 0) is 54.3 Å². The van der Waals surface area contributed by atoms with Crippen molar-refractivity contribution in [2.75, 3.05) is 13.1 Å². The van der Waals surface area contributed by atoms with Crippen LogP contribution in [0.5, 0.6) is 0 Å². The largest absolute Gasteiger partial charge is 0.417 e. The highest BCUT2D eigenvalue weighted by molar-refractivity contribution is 5.89. The number of fused-ring (bicyclic) bond motifs is 1. The topological polar surface area (TPSA) is 12.0 Å². The minimum absolute atomic E-state index is 0.316. The third-order valence-corrected chi connectivity index (χ3v) is 4.04. The molecule has 3 rings (SSSR count). The average molecular weight is 279 g/mol. The van der Waals surface area contributed by atoms with Gasteiger partial charge in [0.05, 0.1) is 5.56 Å². The number of alkyl halides is 3. The van der Waals surface area contributed by atoms with Gasteiger partial charge in [-0.1, -0.05) is 30.3 Å². The predicted octanol–water partition coefficient (Wildman–Crippen LogP) is 4.33. The highest BCUT2D eigenvalue weighted by Crippen LogP contribution is 2.38. The molecule has 0 radical (unpaired) electrons. The number of halogens is 3. The van der Waals surface area contributed by atoms with E-state index in [9.17, 15) is 13.2 Å². The molecule has 0 aliphatic carbocycles. The van der Waals surface area contributed by atoms with E-state index in [4.69, 9.17) is 0 Å². The van der Waals surface area contributed by atoms with E-state index < -0.39 is 11.7 Å². The van der Waals surface area contributed by atoms with Crippen LogP contribution in [-0.4, -0.2) is 13.1 Å². The van der Waals surface area contributed by atoms with Gasteiger partial charge in [0.2, 0.25) is 0 Å². The lowest BCUT2D eigenvalue weighted by molar-refractivity contribution is -0.136. The highest BCUT2D eigenvalue weighted by atomic mass is 19.4. The number of hydrogen-bond donors (Lipinski definition) is 1. The summed E-state index contributed by atoms with van der Waals surface area (Å²) >= 11 is 0. The Balaban J connectivity index is 2.15. The molecule has 1 heterocycles. The fourth-order valence-corrected chi connectivity index (χ4v) is 3.07. The first-order valence-corrected chi connectivity index (χ1v) is 6.87. The fraction of sp³-hybridized carbons (Fsp3) is 0.375. The van der Waals surface area contributed by atoms with Crippen LogP contribution in [0.2, 0.25) is 0 Å². The second kappa shape index (κ2) is 5.09. The molecule has 4 heteroatoms. The van der Waals surface area contributed by atoms with Crippen LogP contribution in [0.15, 0.2) is 36.4 Å². The van der Waals surface area contributed by atoms with Crippen LogP contribution in [0.3, 0.4) is 0 Å². The Bertz CT molecular complexity index is 613. The lowest BCUT2D eigenvalue weighted by Gasteiger charge is -2.24. The maximum Gasteiger partial charge on any atom is 0.417 e. The van der Waals surface area contributed by atoms with Gasteiger partial charge in [-0.15, -0.1) is 0 Å². The summed E-state index contributed by atoms with van der Waals surface area (Å²) in [5.41, 5.74) is 0.515. The summed E-state index contributed by atoms with van der Waals surface area (Å²) in [6.07, 6.45) is -2.34. The van der Waals surface area contributed by atoms with E-state index in [1.54, 1.807) is 12.1 Å². The second-order valence-electron chi connectivity index (χ2n) is 5.27. The Morgan fingerprint density at radius 1 is 0.900 bits per heavy atom. The van der Waals surface area contributed by atoms with Crippen LogP contribution in [0.25, 0.3) is 10.8 Å². The molecule has 2 aromatic rings. The maximum absolute atomic E-state index is 13.1. The van der Waals surface area contributed by atoms with Gasteiger partial charge < -0.3 is 5.32 Å². The number of nitrogens with one attached hydrogen (secondary N) is 1. The monoisotopic (exact) mass is 279 g/mol. The number of benzene rings is 2. The van der Waals surface area contributed by atoms with Crippen LogP contribution in [0.1, 0.15) is 29.9 Å². The molecule has 0 atom stereocenters. The van der Waals surface area contributed by atoms with Gasteiger partial charge in [0.1, 0.15) is 0 Å². The Morgan fingerprint density at radius 3 is 2.25 bits per heavy atom. The summed E-state index contributed by atoms with van der Waals surface area (Å²) in [5.74, 6) is 0.350. The van der Waals surface area contributed by atoms with Gasteiger partial charge in [-0.2, -0.15) is 13.2 Å². The van der Waals surface area contributed by atoms with Crippen LogP contribution >= 0.6 is 0 Å². The van der Waals surface area contributed by atoms with E-state index >= 15 is 0 Å². The smallest absolute Gasteiger partial charge is 0.317 e. The normalized spacial score (nSPS) is 17.6. The molecule has 1 fully saturated rings. The molecule has 0 aromatic heterocycles. The summed E-state index contributed by atoms with van der Waals surface area (Å²) < 4.78 is 39.2. The van der Waals surface area contributed by atoms with Gasteiger partial charge in [-0.3, -0.25) is 0 Å². The maximum atomic E-state index is 13.1. The molecule has 2 aromatic carbocycles. The Labute approximate surface area is 115 Å². The molecule has 1 N–H and O–H groups in total. The van der Waals surface area contributed by atoms with Gasteiger partial charge in [0.15, 0.2) is 0 Å². The second-order valence-corrected chi connectivity index (χ2v) is 5.27. The number of rotatable bonds is 1. The molecule has 20 heavy (non-hydrogen) atoms. The van der Waals surface area contributed by atoms with Crippen molar-refractivity contribution >= 4 is 10.8 Å². The van der Waals surface area contributed by atoms with Crippen LogP contribution in [0, 0.1) is 0 Å². The SMILES string of the molecule is FC(F)(F)c1cccc2c(C3CCNCC3)cccc12. The first-order chi connectivity index (χ1) is 9.57. The predicted molar refractivity (Wildman–Crippen MR) is 73.8 cm³/mol. The number of hydrogen-bond acceptors (Lipinski definition) is 1. The van der Waals surface area contributed by atoms with E-state index in [-0.39, 0.29) is 0 Å². The molecule has 1 nitrogen and oxygen atoms in total.